The fourth-order valence-corrected chi connectivity index (χ4v) is 1.66. The van der Waals surface area contributed by atoms with E-state index in [4.69, 9.17) is 21.6 Å². The minimum absolute atomic E-state index is 0.177. The standard InChI is InChI=1S/C15H20N2O3/c1-4-9-17-15(18)11(2)20-14-10-12(7-8-16)5-6-13(14)19-3/h1,5-6,10-11H,7-9,16H2,2-3H3,(H,17,18). The Hall–Kier alpha value is -2.19. The molecule has 1 atom stereocenters. The molecular weight excluding hydrogens is 256 g/mol. The zero-order valence-electron chi connectivity index (χ0n) is 11.8. The number of nitrogens with one attached hydrogen (secondary N) is 1. The molecule has 0 aliphatic heterocycles. The van der Waals surface area contributed by atoms with Crippen molar-refractivity contribution in [3.8, 4) is 23.8 Å². The van der Waals surface area contributed by atoms with Crippen LogP contribution in [0.15, 0.2) is 18.2 Å². The van der Waals surface area contributed by atoms with Crippen LogP contribution in [0.2, 0.25) is 0 Å². The van der Waals surface area contributed by atoms with Gasteiger partial charge in [-0.3, -0.25) is 4.79 Å². The van der Waals surface area contributed by atoms with E-state index in [9.17, 15) is 4.79 Å². The first-order valence-corrected chi connectivity index (χ1v) is 6.37. The third-order valence-corrected chi connectivity index (χ3v) is 2.70. The van der Waals surface area contributed by atoms with Crippen molar-refractivity contribution in [3.63, 3.8) is 0 Å². The lowest BCUT2D eigenvalue weighted by molar-refractivity contribution is -0.127. The molecule has 0 saturated heterocycles. The van der Waals surface area contributed by atoms with Crippen molar-refractivity contribution >= 4 is 5.91 Å². The van der Waals surface area contributed by atoms with E-state index in [-0.39, 0.29) is 12.5 Å². The van der Waals surface area contributed by atoms with Crippen LogP contribution in [0.1, 0.15) is 12.5 Å². The number of hydrogen-bond donors (Lipinski definition) is 2. The normalized spacial score (nSPS) is 11.3. The number of terminal acetylenes is 1. The molecule has 1 aromatic carbocycles. The Labute approximate surface area is 119 Å². The van der Waals surface area contributed by atoms with Crippen molar-refractivity contribution in [1.29, 1.82) is 0 Å². The van der Waals surface area contributed by atoms with Gasteiger partial charge in [0.25, 0.3) is 5.91 Å². The Morgan fingerprint density at radius 3 is 2.85 bits per heavy atom. The Balaban J connectivity index is 2.81. The van der Waals surface area contributed by atoms with Gasteiger partial charge in [0.2, 0.25) is 0 Å². The van der Waals surface area contributed by atoms with Crippen molar-refractivity contribution < 1.29 is 14.3 Å². The Morgan fingerprint density at radius 2 is 2.25 bits per heavy atom. The maximum absolute atomic E-state index is 11.7. The molecule has 108 valence electrons. The predicted molar refractivity (Wildman–Crippen MR) is 77.7 cm³/mol. The monoisotopic (exact) mass is 276 g/mol. The number of hydrogen-bond acceptors (Lipinski definition) is 4. The quantitative estimate of drug-likeness (QED) is 0.719. The topological polar surface area (TPSA) is 73.6 Å². The molecule has 1 amide bonds. The molecule has 1 aromatic rings. The van der Waals surface area contributed by atoms with Gasteiger partial charge in [0.05, 0.1) is 13.7 Å². The Bertz CT molecular complexity index is 494. The molecular formula is C15H20N2O3. The summed E-state index contributed by atoms with van der Waals surface area (Å²) >= 11 is 0. The summed E-state index contributed by atoms with van der Waals surface area (Å²) in [4.78, 5) is 11.7. The van der Waals surface area contributed by atoms with Crippen LogP contribution in [0.5, 0.6) is 11.5 Å². The maximum Gasteiger partial charge on any atom is 0.261 e. The van der Waals surface area contributed by atoms with Crippen molar-refractivity contribution in [3.05, 3.63) is 23.8 Å². The second-order valence-electron chi connectivity index (χ2n) is 4.21. The van der Waals surface area contributed by atoms with E-state index in [0.717, 1.165) is 12.0 Å². The third kappa shape index (κ3) is 4.48. The smallest absolute Gasteiger partial charge is 0.261 e. The van der Waals surface area contributed by atoms with Crippen molar-refractivity contribution in [2.45, 2.75) is 19.4 Å². The SMILES string of the molecule is C#CCNC(=O)C(C)Oc1cc(CCN)ccc1OC. The third-order valence-electron chi connectivity index (χ3n) is 2.70. The lowest BCUT2D eigenvalue weighted by atomic mass is 10.1. The lowest BCUT2D eigenvalue weighted by Crippen LogP contribution is -2.36. The molecule has 1 rings (SSSR count). The highest BCUT2D eigenvalue weighted by Gasteiger charge is 2.16. The minimum Gasteiger partial charge on any atom is -0.493 e. The number of carbonyl (C=O) groups excluding carboxylic acids is 1. The van der Waals surface area contributed by atoms with Gasteiger partial charge in [-0.1, -0.05) is 12.0 Å². The van der Waals surface area contributed by atoms with E-state index >= 15 is 0 Å². The fraction of sp³-hybridized carbons (Fsp3) is 0.400. The van der Waals surface area contributed by atoms with Crippen molar-refractivity contribution in [1.82, 2.24) is 5.32 Å². The number of rotatable bonds is 7. The molecule has 5 heteroatoms. The predicted octanol–water partition coefficient (Wildman–Crippen LogP) is 0.713. The van der Waals surface area contributed by atoms with Crippen LogP contribution in [-0.2, 0) is 11.2 Å². The number of benzene rings is 1. The first kappa shape index (κ1) is 15.9. The van der Waals surface area contributed by atoms with Gasteiger partial charge in [-0.2, -0.15) is 0 Å². The van der Waals surface area contributed by atoms with Gasteiger partial charge in [0, 0.05) is 0 Å². The number of ether oxygens (including phenoxy) is 2. The summed E-state index contributed by atoms with van der Waals surface area (Å²) in [5.74, 6) is 3.16. The van der Waals surface area contributed by atoms with Crippen LogP contribution in [0.3, 0.4) is 0 Å². The van der Waals surface area contributed by atoms with Crippen LogP contribution in [0, 0.1) is 12.3 Å². The fourth-order valence-electron chi connectivity index (χ4n) is 1.66. The molecule has 3 N–H and O–H groups in total. The van der Waals surface area contributed by atoms with E-state index in [0.29, 0.717) is 18.0 Å². The molecule has 1 unspecified atom stereocenters. The first-order chi connectivity index (χ1) is 9.62. The zero-order chi connectivity index (χ0) is 15.0. The van der Waals surface area contributed by atoms with E-state index in [2.05, 4.69) is 11.2 Å². The second-order valence-corrected chi connectivity index (χ2v) is 4.21. The van der Waals surface area contributed by atoms with Gasteiger partial charge in [-0.05, 0) is 37.6 Å². The molecule has 5 nitrogen and oxygen atoms in total. The summed E-state index contributed by atoms with van der Waals surface area (Å²) in [5, 5.41) is 2.57. The van der Waals surface area contributed by atoms with Crippen LogP contribution in [0.25, 0.3) is 0 Å². The van der Waals surface area contributed by atoms with E-state index in [1.54, 1.807) is 20.1 Å². The minimum atomic E-state index is -0.662. The molecule has 0 saturated carbocycles. The lowest BCUT2D eigenvalue weighted by Gasteiger charge is -2.17. The zero-order valence-corrected chi connectivity index (χ0v) is 11.8. The molecule has 0 radical (unpaired) electrons. The van der Waals surface area contributed by atoms with Crippen LogP contribution < -0.4 is 20.5 Å². The summed E-state index contributed by atoms with van der Waals surface area (Å²) in [6, 6.07) is 5.55. The van der Waals surface area contributed by atoms with E-state index in [1.807, 2.05) is 12.1 Å². The van der Waals surface area contributed by atoms with Crippen molar-refractivity contribution in [2.75, 3.05) is 20.2 Å². The maximum atomic E-state index is 11.7. The van der Waals surface area contributed by atoms with Crippen LogP contribution in [-0.4, -0.2) is 32.2 Å². The van der Waals surface area contributed by atoms with Gasteiger partial charge < -0.3 is 20.5 Å². The highest BCUT2D eigenvalue weighted by molar-refractivity contribution is 5.81. The highest BCUT2D eigenvalue weighted by Crippen LogP contribution is 2.29. The highest BCUT2D eigenvalue weighted by atomic mass is 16.5. The largest absolute Gasteiger partial charge is 0.493 e. The van der Waals surface area contributed by atoms with Gasteiger partial charge in [-0.25, -0.2) is 0 Å². The molecule has 0 aromatic heterocycles. The van der Waals surface area contributed by atoms with E-state index < -0.39 is 6.10 Å². The molecule has 0 bridgehead atoms. The average molecular weight is 276 g/mol. The Kier molecular flexibility index (Phi) is 6.41. The number of carbonyl (C=O) groups is 1. The molecule has 0 spiro atoms. The average Bonchev–Trinajstić information content (AvgIpc) is 2.45. The summed E-state index contributed by atoms with van der Waals surface area (Å²) in [6.45, 7) is 2.38. The molecule has 20 heavy (non-hydrogen) atoms. The summed E-state index contributed by atoms with van der Waals surface area (Å²) in [7, 11) is 1.55. The van der Waals surface area contributed by atoms with Gasteiger partial charge in [0.15, 0.2) is 17.6 Å². The Morgan fingerprint density at radius 1 is 1.50 bits per heavy atom. The van der Waals surface area contributed by atoms with Crippen molar-refractivity contribution in [2.24, 2.45) is 5.73 Å². The summed E-state index contributed by atoms with van der Waals surface area (Å²) in [5.41, 5.74) is 6.56. The number of methoxy groups -OCH3 is 1. The van der Waals surface area contributed by atoms with E-state index in [1.165, 1.54) is 0 Å². The van der Waals surface area contributed by atoms with Crippen LogP contribution in [0.4, 0.5) is 0 Å². The molecule has 0 heterocycles. The van der Waals surface area contributed by atoms with Crippen LogP contribution >= 0.6 is 0 Å². The van der Waals surface area contributed by atoms with Gasteiger partial charge >= 0.3 is 0 Å². The van der Waals surface area contributed by atoms with Gasteiger partial charge in [-0.15, -0.1) is 6.42 Å². The molecule has 0 aliphatic rings. The molecule has 0 aliphatic carbocycles. The molecule has 0 fully saturated rings. The second kappa shape index (κ2) is 8.08. The summed E-state index contributed by atoms with van der Waals surface area (Å²) in [6.07, 6.45) is 5.16. The van der Waals surface area contributed by atoms with Gasteiger partial charge in [0.1, 0.15) is 0 Å². The summed E-state index contributed by atoms with van der Waals surface area (Å²) < 4.78 is 10.9. The number of nitrogens with two attached hydrogens (primary N) is 1. The number of amides is 1. The first-order valence-electron chi connectivity index (χ1n) is 6.37.